The molecule has 3 aromatic carbocycles. The van der Waals surface area contributed by atoms with Crippen LogP contribution in [0.25, 0.3) is 22.6 Å². The molecule has 0 radical (unpaired) electrons. The second kappa shape index (κ2) is 9.77. The van der Waals surface area contributed by atoms with Gasteiger partial charge in [-0.2, -0.15) is 0 Å². The summed E-state index contributed by atoms with van der Waals surface area (Å²) in [5, 5.41) is 11.2. The van der Waals surface area contributed by atoms with Crippen LogP contribution in [-0.4, -0.2) is 41.4 Å². The molecule has 6 rings (SSSR count). The van der Waals surface area contributed by atoms with Crippen molar-refractivity contribution in [3.8, 4) is 28.3 Å². The number of ether oxygens (including phenoxy) is 1. The molecule has 2 atom stereocenters. The Labute approximate surface area is 227 Å². The van der Waals surface area contributed by atoms with Crippen molar-refractivity contribution in [1.82, 2.24) is 4.98 Å². The largest absolute Gasteiger partial charge is 0.493 e. The van der Waals surface area contributed by atoms with Crippen LogP contribution in [0.3, 0.4) is 0 Å². The molecule has 8 heteroatoms. The Hall–Kier alpha value is -3.75. The van der Waals surface area contributed by atoms with Gasteiger partial charge in [-0.25, -0.2) is 13.4 Å². The van der Waals surface area contributed by atoms with E-state index in [0.717, 1.165) is 16.8 Å². The lowest BCUT2D eigenvalue weighted by Crippen LogP contribution is -2.28. The second-order valence-corrected chi connectivity index (χ2v) is 13.2. The van der Waals surface area contributed by atoms with Gasteiger partial charge in [-0.05, 0) is 49.1 Å². The molecule has 1 aliphatic carbocycles. The summed E-state index contributed by atoms with van der Waals surface area (Å²) in [5.74, 6) is -0.0492. The number of carbonyl (C=O) groups excluding carboxylic acids is 1. The van der Waals surface area contributed by atoms with E-state index in [4.69, 9.17) is 9.15 Å². The molecule has 0 bridgehead atoms. The maximum atomic E-state index is 13.1. The predicted molar refractivity (Wildman–Crippen MR) is 147 cm³/mol. The Morgan fingerprint density at radius 3 is 2.54 bits per heavy atom. The highest BCUT2D eigenvalue weighted by Crippen LogP contribution is 2.44. The zero-order chi connectivity index (χ0) is 27.2. The summed E-state index contributed by atoms with van der Waals surface area (Å²) < 4.78 is 36.4. The van der Waals surface area contributed by atoms with Gasteiger partial charge in [0, 0.05) is 29.0 Å². The Morgan fingerprint density at radius 1 is 1.03 bits per heavy atom. The predicted octanol–water partition coefficient (Wildman–Crippen LogP) is 5.44. The van der Waals surface area contributed by atoms with Crippen molar-refractivity contribution < 1.29 is 27.5 Å². The molecule has 0 amide bonds. The molecule has 0 unspecified atom stereocenters. The summed E-state index contributed by atoms with van der Waals surface area (Å²) >= 11 is 0. The maximum Gasteiger partial charge on any atom is 0.226 e. The molecule has 200 valence electrons. The summed E-state index contributed by atoms with van der Waals surface area (Å²) in [6, 6.07) is 22.1. The third-order valence-corrected chi connectivity index (χ3v) is 10.4. The van der Waals surface area contributed by atoms with Crippen LogP contribution in [-0.2, 0) is 16.3 Å². The molecular weight excluding hydrogens is 514 g/mol. The fourth-order valence-corrected chi connectivity index (χ4v) is 6.63. The van der Waals surface area contributed by atoms with E-state index in [-0.39, 0.29) is 5.92 Å². The number of carbonyl (C=O) groups is 1. The summed E-state index contributed by atoms with van der Waals surface area (Å²) in [6.07, 6.45) is 2.54. The number of aromatic nitrogens is 1. The molecule has 1 aromatic heterocycles. The van der Waals surface area contributed by atoms with Gasteiger partial charge < -0.3 is 14.3 Å². The van der Waals surface area contributed by atoms with Gasteiger partial charge >= 0.3 is 0 Å². The van der Waals surface area contributed by atoms with Gasteiger partial charge in [-0.3, -0.25) is 4.79 Å². The number of hydrogen-bond donors (Lipinski definition) is 1. The summed E-state index contributed by atoms with van der Waals surface area (Å²) in [4.78, 5) is 17.7. The number of aliphatic hydroxyl groups excluding tert-OH is 1. The summed E-state index contributed by atoms with van der Waals surface area (Å²) in [6.45, 7) is 1.99. The normalized spacial score (nSPS) is 19.6. The minimum Gasteiger partial charge on any atom is -0.493 e. The monoisotopic (exact) mass is 543 g/mol. The minimum atomic E-state index is -3.52. The number of Topliss-reactive ketones (excluding diaryl/α,β-unsaturated/α-hetero) is 1. The van der Waals surface area contributed by atoms with E-state index >= 15 is 0 Å². The lowest BCUT2D eigenvalue weighted by Gasteiger charge is -2.30. The number of benzene rings is 3. The number of nitrogens with zero attached hydrogens (tertiary/aromatic N) is 1. The van der Waals surface area contributed by atoms with Gasteiger partial charge in [0.15, 0.2) is 15.6 Å². The average molecular weight is 544 g/mol. The average Bonchev–Trinajstić information content (AvgIpc) is 3.55. The number of hydrogen-bond acceptors (Lipinski definition) is 7. The quantitative estimate of drug-likeness (QED) is 0.295. The molecule has 0 spiro atoms. The highest BCUT2D eigenvalue weighted by Gasteiger charge is 2.50. The van der Waals surface area contributed by atoms with Crippen molar-refractivity contribution in [2.24, 2.45) is 5.92 Å². The van der Waals surface area contributed by atoms with Gasteiger partial charge in [-0.1, -0.05) is 54.6 Å². The van der Waals surface area contributed by atoms with Crippen LogP contribution in [0, 0.1) is 5.92 Å². The zero-order valence-electron chi connectivity index (χ0n) is 21.5. The molecule has 1 N–H and O–H groups in total. The molecule has 4 aromatic rings. The van der Waals surface area contributed by atoms with Crippen molar-refractivity contribution in [2.45, 2.75) is 37.0 Å². The van der Waals surface area contributed by atoms with E-state index in [1.54, 1.807) is 37.5 Å². The van der Waals surface area contributed by atoms with Gasteiger partial charge in [0.2, 0.25) is 5.89 Å². The molecule has 2 aliphatic rings. The Kier molecular flexibility index (Phi) is 6.40. The third-order valence-electron chi connectivity index (χ3n) is 7.84. The number of oxazole rings is 1. The SMILES string of the molecule is CC1(S(=O)(=O)CC(=O)c2ccccc2-c2ccc3c(c2)OC[C@H](Cc2coc(-c4ccccc4)n2)[C@H]3O)CC1. The highest BCUT2D eigenvalue weighted by atomic mass is 32.2. The van der Waals surface area contributed by atoms with E-state index in [9.17, 15) is 18.3 Å². The summed E-state index contributed by atoms with van der Waals surface area (Å²) in [5.41, 5.74) is 4.01. The van der Waals surface area contributed by atoms with Crippen LogP contribution >= 0.6 is 0 Å². The van der Waals surface area contributed by atoms with E-state index < -0.39 is 32.2 Å². The number of ketones is 1. The fourth-order valence-electron chi connectivity index (χ4n) is 5.06. The number of rotatable bonds is 8. The van der Waals surface area contributed by atoms with Crippen molar-refractivity contribution in [3.05, 3.63) is 95.9 Å². The lowest BCUT2D eigenvalue weighted by atomic mass is 9.88. The molecule has 1 aliphatic heterocycles. The molecule has 2 heterocycles. The Bertz CT molecular complexity index is 1640. The van der Waals surface area contributed by atoms with Crippen LogP contribution in [0.15, 0.2) is 83.5 Å². The minimum absolute atomic E-state index is 0.208. The second-order valence-electron chi connectivity index (χ2n) is 10.7. The van der Waals surface area contributed by atoms with E-state index in [2.05, 4.69) is 4.98 Å². The van der Waals surface area contributed by atoms with Crippen molar-refractivity contribution >= 4 is 15.6 Å². The van der Waals surface area contributed by atoms with Gasteiger partial charge in [0.25, 0.3) is 0 Å². The van der Waals surface area contributed by atoms with Gasteiger partial charge in [0.1, 0.15) is 17.8 Å². The van der Waals surface area contributed by atoms with E-state index in [0.29, 0.717) is 54.2 Å². The first-order valence-corrected chi connectivity index (χ1v) is 14.7. The van der Waals surface area contributed by atoms with Crippen molar-refractivity contribution in [2.75, 3.05) is 12.4 Å². The molecule has 7 nitrogen and oxygen atoms in total. The topological polar surface area (TPSA) is 107 Å². The first kappa shape index (κ1) is 25.5. The van der Waals surface area contributed by atoms with Gasteiger partial charge in [-0.15, -0.1) is 0 Å². The number of fused-ring (bicyclic) bond motifs is 1. The van der Waals surface area contributed by atoms with Gasteiger partial charge in [0.05, 0.1) is 23.2 Å². The molecule has 1 fully saturated rings. The Balaban J connectivity index is 1.21. The van der Waals surface area contributed by atoms with Crippen LogP contribution in [0.1, 0.15) is 47.5 Å². The lowest BCUT2D eigenvalue weighted by molar-refractivity contribution is 0.0503. The van der Waals surface area contributed by atoms with Crippen LogP contribution < -0.4 is 4.74 Å². The van der Waals surface area contributed by atoms with E-state index in [1.165, 1.54) is 0 Å². The maximum absolute atomic E-state index is 13.1. The highest BCUT2D eigenvalue weighted by molar-refractivity contribution is 7.93. The van der Waals surface area contributed by atoms with E-state index in [1.807, 2.05) is 48.5 Å². The van der Waals surface area contributed by atoms with Crippen LogP contribution in [0.4, 0.5) is 0 Å². The fraction of sp³-hybridized carbons (Fsp3) is 0.290. The molecule has 1 saturated carbocycles. The number of sulfone groups is 1. The van der Waals surface area contributed by atoms with Crippen molar-refractivity contribution in [1.29, 1.82) is 0 Å². The zero-order valence-corrected chi connectivity index (χ0v) is 22.4. The first-order chi connectivity index (χ1) is 18.7. The smallest absolute Gasteiger partial charge is 0.226 e. The molecular formula is C31H29NO6S. The molecule has 0 saturated heterocycles. The summed E-state index contributed by atoms with van der Waals surface area (Å²) in [7, 11) is -3.52. The first-order valence-electron chi connectivity index (χ1n) is 13.0. The number of aliphatic hydroxyl groups is 1. The Morgan fingerprint density at radius 2 is 1.77 bits per heavy atom. The molecule has 39 heavy (non-hydrogen) atoms. The third kappa shape index (κ3) is 4.90. The van der Waals surface area contributed by atoms with Crippen LogP contribution in [0.5, 0.6) is 5.75 Å². The van der Waals surface area contributed by atoms with Crippen LogP contribution in [0.2, 0.25) is 0 Å². The standard InChI is InChI=1S/C31H29NO6S/c1-31(13-14-31)39(35,36)19-27(33)25-10-6-5-9-24(25)21-11-12-26-28(16-21)37-17-22(29(26)34)15-23-18-38-30(32-23)20-7-3-2-4-8-20/h2-12,16,18,22,29,34H,13-15,17,19H2,1H3/t22-,29+/m0/s1. The van der Waals surface area contributed by atoms with Crippen molar-refractivity contribution in [3.63, 3.8) is 0 Å².